The number of fused-ring (bicyclic) bond motifs is 1. The van der Waals surface area contributed by atoms with Gasteiger partial charge >= 0.3 is 0 Å². The number of benzene rings is 1. The summed E-state index contributed by atoms with van der Waals surface area (Å²) in [5, 5.41) is 4.99. The van der Waals surface area contributed by atoms with Gasteiger partial charge in [0.2, 0.25) is 11.8 Å². The van der Waals surface area contributed by atoms with Crippen LogP contribution >= 0.6 is 11.3 Å². The van der Waals surface area contributed by atoms with Crippen LogP contribution in [0.4, 0.5) is 0 Å². The first-order valence-corrected chi connectivity index (χ1v) is 10.6. The maximum atomic E-state index is 13.2. The Morgan fingerprint density at radius 1 is 1.34 bits per heavy atom. The molecule has 150 valence electrons. The Hall–Kier alpha value is -2.64. The maximum Gasteiger partial charge on any atom is 0.230 e. The summed E-state index contributed by atoms with van der Waals surface area (Å²) in [6.07, 6.45) is 3.58. The number of para-hydroxylation sites is 1. The zero-order valence-corrected chi connectivity index (χ0v) is 16.9. The Morgan fingerprint density at radius 2 is 2.21 bits per heavy atom. The second kappa shape index (κ2) is 7.00. The highest BCUT2D eigenvalue weighted by molar-refractivity contribution is 7.09. The minimum Gasteiger partial charge on any atom is -0.496 e. The molecule has 2 amide bonds. The third kappa shape index (κ3) is 2.96. The third-order valence-corrected chi connectivity index (χ3v) is 6.92. The van der Waals surface area contributed by atoms with E-state index in [1.54, 1.807) is 18.4 Å². The van der Waals surface area contributed by atoms with Crippen LogP contribution in [0.15, 0.2) is 53.9 Å². The van der Waals surface area contributed by atoms with Gasteiger partial charge in [-0.25, -0.2) is 0 Å². The molecular weight excluding hydrogens is 388 g/mol. The summed E-state index contributed by atoms with van der Waals surface area (Å²) in [4.78, 5) is 29.2. The Kier molecular flexibility index (Phi) is 4.44. The molecule has 5 rings (SSSR count). The summed E-state index contributed by atoms with van der Waals surface area (Å²) < 4.78 is 11.5. The molecule has 29 heavy (non-hydrogen) atoms. The van der Waals surface area contributed by atoms with Crippen molar-refractivity contribution in [1.29, 1.82) is 0 Å². The predicted octanol–water partition coefficient (Wildman–Crippen LogP) is 2.36. The van der Waals surface area contributed by atoms with Crippen molar-refractivity contribution in [3.05, 3.63) is 64.4 Å². The molecule has 4 heterocycles. The van der Waals surface area contributed by atoms with E-state index >= 15 is 0 Å². The number of thiophene rings is 1. The van der Waals surface area contributed by atoms with Gasteiger partial charge in [-0.2, -0.15) is 0 Å². The third-order valence-electron chi connectivity index (χ3n) is 6.05. The quantitative estimate of drug-likeness (QED) is 0.743. The molecule has 0 radical (unpaired) electrons. The van der Waals surface area contributed by atoms with Gasteiger partial charge in [0.1, 0.15) is 11.4 Å². The highest BCUT2D eigenvalue weighted by Crippen LogP contribution is 2.52. The van der Waals surface area contributed by atoms with Crippen LogP contribution < -0.4 is 10.1 Å². The molecule has 2 bridgehead atoms. The zero-order chi connectivity index (χ0) is 20.0. The van der Waals surface area contributed by atoms with Crippen LogP contribution in [0.3, 0.4) is 0 Å². The maximum absolute atomic E-state index is 13.2. The molecule has 3 aliphatic rings. The first-order chi connectivity index (χ1) is 14.1. The first kappa shape index (κ1) is 18.4. The summed E-state index contributed by atoms with van der Waals surface area (Å²) in [7, 11) is 1.61. The van der Waals surface area contributed by atoms with E-state index in [1.807, 2.05) is 58.8 Å². The molecule has 0 unspecified atom stereocenters. The molecule has 1 aromatic carbocycles. The van der Waals surface area contributed by atoms with Gasteiger partial charge < -0.3 is 19.7 Å². The normalized spacial score (nSPS) is 29.3. The number of ether oxygens (including phenoxy) is 2. The lowest BCUT2D eigenvalue weighted by molar-refractivity contribution is -0.137. The summed E-state index contributed by atoms with van der Waals surface area (Å²) >= 11 is 1.63. The van der Waals surface area contributed by atoms with Gasteiger partial charge in [0.05, 0.1) is 38.1 Å². The van der Waals surface area contributed by atoms with Gasteiger partial charge in [0.25, 0.3) is 0 Å². The van der Waals surface area contributed by atoms with Crippen molar-refractivity contribution in [3.63, 3.8) is 0 Å². The van der Waals surface area contributed by atoms with Gasteiger partial charge in [-0.3, -0.25) is 9.59 Å². The molecule has 2 saturated heterocycles. The summed E-state index contributed by atoms with van der Waals surface area (Å²) in [5.41, 5.74) is 0.223. The Bertz CT molecular complexity index is 973. The average Bonchev–Trinajstić information content (AvgIpc) is 3.50. The van der Waals surface area contributed by atoms with Gasteiger partial charge in [0, 0.05) is 17.0 Å². The number of likely N-dealkylation sites (tertiary alicyclic amines) is 1. The van der Waals surface area contributed by atoms with Crippen LogP contribution in [0.25, 0.3) is 0 Å². The number of nitrogens with one attached hydrogen (secondary N) is 1. The second-order valence-corrected chi connectivity index (χ2v) is 8.74. The van der Waals surface area contributed by atoms with Crippen molar-refractivity contribution in [1.82, 2.24) is 10.2 Å². The largest absolute Gasteiger partial charge is 0.496 e. The number of carbonyl (C=O) groups is 2. The zero-order valence-electron chi connectivity index (χ0n) is 16.0. The fourth-order valence-electron chi connectivity index (χ4n) is 4.75. The van der Waals surface area contributed by atoms with E-state index in [-0.39, 0.29) is 17.9 Å². The van der Waals surface area contributed by atoms with Crippen molar-refractivity contribution in [2.75, 3.05) is 13.7 Å². The van der Waals surface area contributed by atoms with E-state index in [4.69, 9.17) is 9.47 Å². The molecule has 0 saturated carbocycles. The fourth-order valence-corrected chi connectivity index (χ4v) is 5.47. The van der Waals surface area contributed by atoms with E-state index in [0.717, 1.165) is 16.2 Å². The van der Waals surface area contributed by atoms with Crippen molar-refractivity contribution in [2.24, 2.45) is 11.8 Å². The van der Waals surface area contributed by atoms with Crippen LogP contribution in [0, 0.1) is 11.8 Å². The van der Waals surface area contributed by atoms with Crippen LogP contribution in [-0.4, -0.2) is 42.1 Å². The monoisotopic (exact) mass is 410 g/mol. The summed E-state index contributed by atoms with van der Waals surface area (Å²) in [6.45, 7) is 1.41. The van der Waals surface area contributed by atoms with E-state index in [9.17, 15) is 9.59 Å². The molecule has 2 fully saturated rings. The number of hydrogen-bond acceptors (Lipinski definition) is 5. The molecular formula is C22H22N2O4S. The number of carbonyl (C=O) groups excluding carboxylic acids is 2. The Balaban J connectivity index is 1.33. The summed E-state index contributed by atoms with van der Waals surface area (Å²) in [6, 6.07) is 11.6. The lowest BCUT2D eigenvalue weighted by Gasteiger charge is -2.23. The van der Waals surface area contributed by atoms with Crippen LogP contribution in [-0.2, 0) is 27.4 Å². The number of methoxy groups -OCH3 is 1. The molecule has 0 aliphatic carbocycles. The van der Waals surface area contributed by atoms with Crippen molar-refractivity contribution >= 4 is 23.2 Å². The molecule has 1 aromatic heterocycles. The van der Waals surface area contributed by atoms with Crippen molar-refractivity contribution < 1.29 is 19.1 Å². The standard InChI is InChI=1S/C22H22N2O4S/c1-27-16-7-3-2-5-14(16)11-23-20(25)18-17-8-9-22(28-17)13-24(21(26)19(18)22)12-15-6-4-10-29-15/h2-10,17-19H,11-13H2,1H3,(H,23,25)/t17-,18+,19-,22+/m0/s1. The smallest absolute Gasteiger partial charge is 0.230 e. The van der Waals surface area contributed by atoms with E-state index in [1.165, 1.54) is 0 Å². The second-order valence-electron chi connectivity index (χ2n) is 7.70. The van der Waals surface area contributed by atoms with Crippen molar-refractivity contribution in [3.8, 4) is 5.75 Å². The highest BCUT2D eigenvalue weighted by Gasteiger charge is 2.66. The van der Waals surface area contributed by atoms with Gasteiger partial charge in [0.15, 0.2) is 0 Å². The number of nitrogens with zero attached hydrogens (tertiary/aromatic N) is 1. The van der Waals surface area contributed by atoms with Gasteiger partial charge in [-0.15, -0.1) is 11.3 Å². The van der Waals surface area contributed by atoms with E-state index in [2.05, 4.69) is 5.32 Å². The van der Waals surface area contributed by atoms with Crippen LogP contribution in [0.1, 0.15) is 10.4 Å². The first-order valence-electron chi connectivity index (χ1n) is 9.69. The lowest BCUT2D eigenvalue weighted by atomic mass is 9.77. The highest BCUT2D eigenvalue weighted by atomic mass is 32.1. The van der Waals surface area contributed by atoms with E-state index in [0.29, 0.717) is 19.6 Å². The molecule has 7 heteroatoms. The van der Waals surface area contributed by atoms with Gasteiger partial charge in [-0.1, -0.05) is 36.4 Å². The Labute approximate surface area is 173 Å². The number of rotatable bonds is 6. The summed E-state index contributed by atoms with van der Waals surface area (Å²) in [5.74, 6) is -0.385. The lowest BCUT2D eigenvalue weighted by Crippen LogP contribution is -2.43. The van der Waals surface area contributed by atoms with E-state index < -0.39 is 17.4 Å². The topological polar surface area (TPSA) is 67.9 Å². The predicted molar refractivity (Wildman–Crippen MR) is 108 cm³/mol. The molecule has 2 aromatic rings. The molecule has 3 aliphatic heterocycles. The van der Waals surface area contributed by atoms with Crippen LogP contribution in [0.5, 0.6) is 5.75 Å². The fraction of sp³-hybridized carbons (Fsp3) is 0.364. The minimum atomic E-state index is -0.675. The molecule has 4 atom stereocenters. The molecule has 1 spiro atoms. The SMILES string of the molecule is COc1ccccc1CNC(=O)[C@@H]1[C@@H]2C=C[C@]3(CN(Cc4cccs4)C(=O)[C@H]13)O2. The number of hydrogen-bond donors (Lipinski definition) is 1. The average molecular weight is 410 g/mol. The molecule has 1 N–H and O–H groups in total. The minimum absolute atomic E-state index is 0.00249. The molecule has 6 nitrogen and oxygen atoms in total. The Morgan fingerprint density at radius 3 is 3.00 bits per heavy atom. The van der Waals surface area contributed by atoms with Crippen LogP contribution in [0.2, 0.25) is 0 Å². The van der Waals surface area contributed by atoms with Crippen molar-refractivity contribution in [2.45, 2.75) is 24.8 Å². The van der Waals surface area contributed by atoms with Gasteiger partial charge in [-0.05, 0) is 17.5 Å². The number of amides is 2.